The van der Waals surface area contributed by atoms with E-state index < -0.39 is 0 Å². The Balaban J connectivity index is 1.92. The van der Waals surface area contributed by atoms with Crippen LogP contribution in [0.4, 0.5) is 0 Å². The molecule has 0 aromatic heterocycles. The van der Waals surface area contributed by atoms with Crippen molar-refractivity contribution in [2.24, 2.45) is 5.92 Å². The first-order valence-electron chi connectivity index (χ1n) is 4.67. The molecule has 11 heavy (non-hydrogen) atoms. The van der Waals surface area contributed by atoms with Crippen LogP contribution < -0.4 is 0 Å². The molecular formula is C9H16OS. The van der Waals surface area contributed by atoms with Crippen LogP contribution in [0.25, 0.3) is 0 Å². The summed E-state index contributed by atoms with van der Waals surface area (Å²) < 4.78 is 0. The zero-order chi connectivity index (χ0) is 7.68. The number of rotatable bonds is 1. The van der Waals surface area contributed by atoms with Gasteiger partial charge in [0.05, 0.1) is 6.10 Å². The van der Waals surface area contributed by atoms with Gasteiger partial charge in [0, 0.05) is 5.25 Å². The lowest BCUT2D eigenvalue weighted by molar-refractivity contribution is 0.155. The second kappa shape index (κ2) is 3.36. The highest BCUT2D eigenvalue weighted by Gasteiger charge is 2.34. The van der Waals surface area contributed by atoms with Crippen LogP contribution in [0, 0.1) is 5.92 Å². The maximum absolute atomic E-state index is 9.63. The number of hydrogen-bond acceptors (Lipinski definition) is 2. The summed E-state index contributed by atoms with van der Waals surface area (Å²) in [6.07, 6.45) is 6.58. The van der Waals surface area contributed by atoms with Crippen molar-refractivity contribution >= 4 is 11.8 Å². The predicted molar refractivity (Wildman–Crippen MR) is 48.8 cm³/mol. The molecule has 0 radical (unpaired) electrons. The number of aliphatic hydroxyl groups excluding tert-OH is 1. The van der Waals surface area contributed by atoms with E-state index >= 15 is 0 Å². The Labute approximate surface area is 72.6 Å². The Morgan fingerprint density at radius 3 is 2.36 bits per heavy atom. The molecule has 1 nitrogen and oxygen atoms in total. The van der Waals surface area contributed by atoms with E-state index in [2.05, 4.69) is 0 Å². The van der Waals surface area contributed by atoms with Crippen LogP contribution in [0.1, 0.15) is 32.1 Å². The monoisotopic (exact) mass is 172 g/mol. The SMILES string of the molecule is OC1CCSC1C1CCCC1. The minimum Gasteiger partial charge on any atom is -0.392 e. The summed E-state index contributed by atoms with van der Waals surface area (Å²) >= 11 is 2.00. The molecule has 1 N–H and O–H groups in total. The van der Waals surface area contributed by atoms with Crippen molar-refractivity contribution in [2.75, 3.05) is 5.75 Å². The fourth-order valence-electron chi connectivity index (χ4n) is 2.34. The van der Waals surface area contributed by atoms with Gasteiger partial charge in [-0.25, -0.2) is 0 Å². The Kier molecular flexibility index (Phi) is 2.42. The maximum atomic E-state index is 9.63. The second-order valence-corrected chi connectivity index (χ2v) is 5.02. The molecule has 2 aliphatic rings. The van der Waals surface area contributed by atoms with Crippen LogP contribution in [-0.2, 0) is 0 Å². The highest BCUT2D eigenvalue weighted by Crippen LogP contribution is 2.40. The van der Waals surface area contributed by atoms with E-state index in [-0.39, 0.29) is 6.10 Å². The van der Waals surface area contributed by atoms with Crippen molar-refractivity contribution in [2.45, 2.75) is 43.5 Å². The van der Waals surface area contributed by atoms with Gasteiger partial charge in [0.15, 0.2) is 0 Å². The van der Waals surface area contributed by atoms with Crippen molar-refractivity contribution in [3.63, 3.8) is 0 Å². The summed E-state index contributed by atoms with van der Waals surface area (Å²) in [5.74, 6) is 2.03. The van der Waals surface area contributed by atoms with Gasteiger partial charge in [0.2, 0.25) is 0 Å². The van der Waals surface area contributed by atoms with Gasteiger partial charge in [-0.2, -0.15) is 11.8 Å². The zero-order valence-electron chi connectivity index (χ0n) is 6.83. The fourth-order valence-corrected chi connectivity index (χ4v) is 3.89. The Morgan fingerprint density at radius 2 is 1.82 bits per heavy atom. The molecule has 1 saturated carbocycles. The fraction of sp³-hybridized carbons (Fsp3) is 1.00. The molecule has 0 aromatic carbocycles. The van der Waals surface area contributed by atoms with E-state index in [4.69, 9.17) is 0 Å². The Morgan fingerprint density at radius 1 is 1.09 bits per heavy atom. The summed E-state index contributed by atoms with van der Waals surface area (Å²) in [4.78, 5) is 0. The topological polar surface area (TPSA) is 20.2 Å². The van der Waals surface area contributed by atoms with Crippen molar-refractivity contribution < 1.29 is 5.11 Å². The molecular weight excluding hydrogens is 156 g/mol. The molecule has 1 heterocycles. The van der Waals surface area contributed by atoms with Crippen molar-refractivity contribution in [1.29, 1.82) is 0 Å². The molecule has 2 fully saturated rings. The summed E-state index contributed by atoms with van der Waals surface area (Å²) in [5.41, 5.74) is 0. The van der Waals surface area contributed by atoms with Crippen LogP contribution in [0.2, 0.25) is 0 Å². The largest absolute Gasteiger partial charge is 0.392 e. The van der Waals surface area contributed by atoms with Crippen LogP contribution in [-0.4, -0.2) is 22.2 Å². The molecule has 64 valence electrons. The third kappa shape index (κ3) is 1.57. The lowest BCUT2D eigenvalue weighted by atomic mass is 9.98. The lowest BCUT2D eigenvalue weighted by Crippen LogP contribution is -2.24. The number of aliphatic hydroxyl groups is 1. The average Bonchev–Trinajstić information content (AvgIpc) is 2.55. The first-order chi connectivity index (χ1) is 5.38. The van der Waals surface area contributed by atoms with E-state index in [9.17, 15) is 5.11 Å². The molecule has 0 spiro atoms. The highest BCUT2D eigenvalue weighted by molar-refractivity contribution is 8.00. The highest BCUT2D eigenvalue weighted by atomic mass is 32.2. The van der Waals surface area contributed by atoms with E-state index in [1.165, 1.54) is 31.4 Å². The van der Waals surface area contributed by atoms with Gasteiger partial charge in [-0.05, 0) is 30.9 Å². The molecule has 2 atom stereocenters. The van der Waals surface area contributed by atoms with Gasteiger partial charge >= 0.3 is 0 Å². The van der Waals surface area contributed by atoms with Crippen LogP contribution in [0.15, 0.2) is 0 Å². The van der Waals surface area contributed by atoms with E-state index in [0.29, 0.717) is 5.25 Å². The number of thioether (sulfide) groups is 1. The Bertz CT molecular complexity index is 132. The molecule has 1 saturated heterocycles. The summed E-state index contributed by atoms with van der Waals surface area (Å²) in [6, 6.07) is 0. The van der Waals surface area contributed by atoms with E-state index in [0.717, 1.165) is 12.3 Å². The first-order valence-corrected chi connectivity index (χ1v) is 5.72. The van der Waals surface area contributed by atoms with Gasteiger partial charge in [-0.15, -0.1) is 0 Å². The van der Waals surface area contributed by atoms with E-state index in [1.807, 2.05) is 11.8 Å². The third-order valence-corrected chi connectivity index (χ3v) is 4.52. The van der Waals surface area contributed by atoms with Gasteiger partial charge in [0.25, 0.3) is 0 Å². The molecule has 0 aromatic rings. The van der Waals surface area contributed by atoms with Crippen LogP contribution in [0.3, 0.4) is 0 Å². The molecule has 1 aliphatic carbocycles. The normalized spacial score (nSPS) is 40.1. The molecule has 2 heteroatoms. The third-order valence-electron chi connectivity index (χ3n) is 2.97. The zero-order valence-corrected chi connectivity index (χ0v) is 7.65. The molecule has 2 unspecified atom stereocenters. The lowest BCUT2D eigenvalue weighted by Gasteiger charge is -2.20. The minimum absolute atomic E-state index is 0.0168. The quantitative estimate of drug-likeness (QED) is 0.653. The second-order valence-electron chi connectivity index (χ2n) is 3.74. The summed E-state index contributed by atoms with van der Waals surface area (Å²) in [7, 11) is 0. The molecule has 0 amide bonds. The van der Waals surface area contributed by atoms with Gasteiger partial charge < -0.3 is 5.11 Å². The van der Waals surface area contributed by atoms with Crippen LogP contribution >= 0.6 is 11.8 Å². The molecule has 2 rings (SSSR count). The van der Waals surface area contributed by atoms with E-state index in [1.54, 1.807) is 0 Å². The van der Waals surface area contributed by atoms with Gasteiger partial charge in [0.1, 0.15) is 0 Å². The molecule has 0 bridgehead atoms. The van der Waals surface area contributed by atoms with Crippen molar-refractivity contribution in [1.82, 2.24) is 0 Å². The predicted octanol–water partition coefficient (Wildman–Crippen LogP) is 2.04. The van der Waals surface area contributed by atoms with Crippen molar-refractivity contribution in [3.05, 3.63) is 0 Å². The average molecular weight is 172 g/mol. The standard InChI is InChI=1S/C9H16OS/c10-8-5-6-11-9(8)7-3-1-2-4-7/h7-10H,1-6H2. The summed E-state index contributed by atoms with van der Waals surface area (Å²) in [6.45, 7) is 0. The first kappa shape index (κ1) is 7.93. The van der Waals surface area contributed by atoms with Gasteiger partial charge in [-0.3, -0.25) is 0 Å². The Hall–Kier alpha value is 0.310. The maximum Gasteiger partial charge on any atom is 0.0669 e. The van der Waals surface area contributed by atoms with Crippen LogP contribution in [0.5, 0.6) is 0 Å². The van der Waals surface area contributed by atoms with Gasteiger partial charge in [-0.1, -0.05) is 12.8 Å². The number of hydrogen-bond donors (Lipinski definition) is 1. The summed E-state index contributed by atoms with van der Waals surface area (Å²) in [5, 5.41) is 10.2. The van der Waals surface area contributed by atoms with Crippen molar-refractivity contribution in [3.8, 4) is 0 Å². The molecule has 1 aliphatic heterocycles. The smallest absolute Gasteiger partial charge is 0.0669 e. The minimum atomic E-state index is 0.0168.